The first-order chi connectivity index (χ1) is 11.6. The number of hydrogen-bond donors (Lipinski definition) is 3. The molecular weight excluding hydrogens is 302 g/mol. The quantitative estimate of drug-likeness (QED) is 0.759. The zero-order valence-corrected chi connectivity index (χ0v) is 13.6. The zero-order valence-electron chi connectivity index (χ0n) is 13.6. The van der Waals surface area contributed by atoms with Gasteiger partial charge in [-0.3, -0.25) is 9.59 Å². The van der Waals surface area contributed by atoms with Gasteiger partial charge in [0.05, 0.1) is 6.04 Å². The highest BCUT2D eigenvalue weighted by molar-refractivity contribution is 5.99. The zero-order chi connectivity index (χ0) is 17.1. The minimum Gasteiger partial charge on any atom is -0.399 e. The average Bonchev–Trinajstić information content (AvgIpc) is 2.61. The monoisotopic (exact) mass is 323 g/mol. The van der Waals surface area contributed by atoms with E-state index in [4.69, 9.17) is 5.73 Å². The van der Waals surface area contributed by atoms with Crippen LogP contribution in [0.1, 0.15) is 50.7 Å². The van der Waals surface area contributed by atoms with Crippen molar-refractivity contribution in [3.05, 3.63) is 64.7 Å². The summed E-state index contributed by atoms with van der Waals surface area (Å²) in [7, 11) is 1.57. The third-order valence-corrected chi connectivity index (χ3v) is 4.40. The molecule has 124 valence electrons. The molecule has 3 rings (SSSR count). The van der Waals surface area contributed by atoms with E-state index in [-0.39, 0.29) is 17.9 Å². The average molecular weight is 323 g/mol. The van der Waals surface area contributed by atoms with Gasteiger partial charge in [0.15, 0.2) is 0 Å². The van der Waals surface area contributed by atoms with Crippen molar-refractivity contribution in [3.8, 4) is 0 Å². The first-order valence-corrected chi connectivity index (χ1v) is 8.10. The summed E-state index contributed by atoms with van der Waals surface area (Å²) in [5.74, 6) is -0.376. The maximum atomic E-state index is 12.6. The third-order valence-electron chi connectivity index (χ3n) is 4.40. The van der Waals surface area contributed by atoms with Crippen molar-refractivity contribution >= 4 is 17.5 Å². The van der Waals surface area contributed by atoms with Crippen LogP contribution in [0.3, 0.4) is 0 Å². The number of carbonyl (C=O) groups excluding carboxylic acids is 2. The highest BCUT2D eigenvalue weighted by Gasteiger charge is 2.22. The van der Waals surface area contributed by atoms with Gasteiger partial charge in [-0.2, -0.15) is 0 Å². The molecule has 0 radical (unpaired) electrons. The van der Waals surface area contributed by atoms with Crippen molar-refractivity contribution in [1.82, 2.24) is 10.6 Å². The molecule has 0 fully saturated rings. The summed E-state index contributed by atoms with van der Waals surface area (Å²) in [5.41, 5.74) is 9.89. The van der Waals surface area contributed by atoms with Crippen molar-refractivity contribution in [1.29, 1.82) is 0 Å². The predicted molar refractivity (Wildman–Crippen MR) is 93.8 cm³/mol. The Morgan fingerprint density at radius 3 is 2.58 bits per heavy atom. The third kappa shape index (κ3) is 3.25. The number of rotatable bonds is 3. The van der Waals surface area contributed by atoms with Crippen LogP contribution in [0.25, 0.3) is 0 Å². The van der Waals surface area contributed by atoms with Gasteiger partial charge in [0.1, 0.15) is 0 Å². The summed E-state index contributed by atoms with van der Waals surface area (Å²) in [6.45, 7) is 0. The number of nitrogen functional groups attached to an aromatic ring is 1. The molecule has 0 aromatic heterocycles. The molecule has 24 heavy (non-hydrogen) atoms. The summed E-state index contributed by atoms with van der Waals surface area (Å²) in [6.07, 6.45) is 2.90. The van der Waals surface area contributed by atoms with Crippen LogP contribution in [0.4, 0.5) is 5.69 Å². The minimum absolute atomic E-state index is 0.0227. The smallest absolute Gasteiger partial charge is 0.251 e. The lowest BCUT2D eigenvalue weighted by Crippen LogP contribution is -2.31. The Kier molecular flexibility index (Phi) is 4.51. The van der Waals surface area contributed by atoms with Crippen LogP contribution in [0.2, 0.25) is 0 Å². The van der Waals surface area contributed by atoms with Gasteiger partial charge in [-0.25, -0.2) is 0 Å². The molecule has 1 aliphatic carbocycles. The Labute approximate surface area is 141 Å². The summed E-state index contributed by atoms with van der Waals surface area (Å²) < 4.78 is 0. The van der Waals surface area contributed by atoms with Crippen molar-refractivity contribution in [2.75, 3.05) is 12.8 Å². The molecule has 0 spiro atoms. The largest absolute Gasteiger partial charge is 0.399 e. The Morgan fingerprint density at radius 2 is 1.83 bits per heavy atom. The number of aryl methyl sites for hydroxylation is 1. The Hall–Kier alpha value is -2.82. The van der Waals surface area contributed by atoms with Crippen molar-refractivity contribution in [2.24, 2.45) is 0 Å². The van der Waals surface area contributed by atoms with Crippen LogP contribution in [0, 0.1) is 0 Å². The van der Waals surface area contributed by atoms with E-state index in [2.05, 4.69) is 10.6 Å². The molecule has 0 aliphatic heterocycles. The summed E-state index contributed by atoms with van der Waals surface area (Å²) in [4.78, 5) is 24.3. The molecule has 2 amide bonds. The maximum Gasteiger partial charge on any atom is 0.251 e. The number of carbonyl (C=O) groups is 2. The molecule has 0 heterocycles. The SMILES string of the molecule is CNC(=O)c1cccc(C(=O)NC2CCCc3cc(N)ccc32)c1. The number of hydrogen-bond acceptors (Lipinski definition) is 3. The Bertz CT molecular complexity index is 786. The van der Waals surface area contributed by atoms with E-state index in [0.29, 0.717) is 11.1 Å². The lowest BCUT2D eigenvalue weighted by atomic mass is 9.87. The van der Waals surface area contributed by atoms with Crippen LogP contribution in [-0.4, -0.2) is 18.9 Å². The molecular formula is C19H21N3O2. The van der Waals surface area contributed by atoms with E-state index in [1.807, 2.05) is 18.2 Å². The highest BCUT2D eigenvalue weighted by atomic mass is 16.2. The van der Waals surface area contributed by atoms with Gasteiger partial charge in [-0.05, 0) is 60.7 Å². The van der Waals surface area contributed by atoms with Crippen molar-refractivity contribution < 1.29 is 9.59 Å². The van der Waals surface area contributed by atoms with Gasteiger partial charge in [0, 0.05) is 23.9 Å². The van der Waals surface area contributed by atoms with Crippen molar-refractivity contribution in [2.45, 2.75) is 25.3 Å². The first kappa shape index (κ1) is 16.1. The predicted octanol–water partition coefficient (Wildman–Crippen LogP) is 2.44. The Balaban J connectivity index is 1.80. The van der Waals surface area contributed by atoms with Crippen LogP contribution < -0.4 is 16.4 Å². The van der Waals surface area contributed by atoms with Crippen molar-refractivity contribution in [3.63, 3.8) is 0 Å². The van der Waals surface area contributed by atoms with Gasteiger partial charge >= 0.3 is 0 Å². The van der Waals surface area contributed by atoms with E-state index in [1.54, 1.807) is 31.3 Å². The van der Waals surface area contributed by atoms with Crippen LogP contribution >= 0.6 is 0 Å². The normalized spacial score (nSPS) is 16.1. The van der Waals surface area contributed by atoms with Gasteiger partial charge in [-0.15, -0.1) is 0 Å². The Morgan fingerprint density at radius 1 is 1.08 bits per heavy atom. The number of nitrogens with two attached hydrogens (primary N) is 1. The topological polar surface area (TPSA) is 84.2 Å². The van der Waals surface area contributed by atoms with E-state index in [1.165, 1.54) is 5.56 Å². The van der Waals surface area contributed by atoms with E-state index in [0.717, 1.165) is 30.5 Å². The molecule has 2 aromatic rings. The minimum atomic E-state index is -0.205. The van der Waals surface area contributed by atoms with Crippen LogP contribution in [-0.2, 0) is 6.42 Å². The molecule has 5 heteroatoms. The maximum absolute atomic E-state index is 12.6. The number of anilines is 1. The molecule has 5 nitrogen and oxygen atoms in total. The van der Waals surface area contributed by atoms with Gasteiger partial charge in [-0.1, -0.05) is 12.1 Å². The van der Waals surface area contributed by atoms with E-state index < -0.39 is 0 Å². The lowest BCUT2D eigenvalue weighted by Gasteiger charge is -2.26. The molecule has 0 saturated heterocycles. The summed E-state index contributed by atoms with van der Waals surface area (Å²) in [5, 5.41) is 5.65. The lowest BCUT2D eigenvalue weighted by molar-refractivity contribution is 0.0932. The second kappa shape index (κ2) is 6.74. The van der Waals surface area contributed by atoms with Crippen LogP contribution in [0.15, 0.2) is 42.5 Å². The second-order valence-electron chi connectivity index (χ2n) is 6.04. The summed E-state index contributed by atoms with van der Waals surface area (Å²) in [6, 6.07) is 12.6. The van der Waals surface area contributed by atoms with Gasteiger partial charge in [0.2, 0.25) is 0 Å². The molecule has 4 N–H and O–H groups in total. The number of amides is 2. The van der Waals surface area contributed by atoms with E-state index in [9.17, 15) is 9.59 Å². The fraction of sp³-hybridized carbons (Fsp3) is 0.263. The molecule has 1 unspecified atom stereocenters. The summed E-state index contributed by atoms with van der Waals surface area (Å²) >= 11 is 0. The first-order valence-electron chi connectivity index (χ1n) is 8.10. The number of nitrogens with one attached hydrogen (secondary N) is 2. The van der Waals surface area contributed by atoms with Gasteiger partial charge in [0.25, 0.3) is 11.8 Å². The standard InChI is InChI=1S/C19H21N3O2/c1-21-18(23)13-5-2-6-14(10-13)19(24)22-17-7-3-4-12-11-15(20)8-9-16(12)17/h2,5-6,8-11,17H,3-4,7,20H2,1H3,(H,21,23)(H,22,24). The molecule has 0 saturated carbocycles. The second-order valence-corrected chi connectivity index (χ2v) is 6.04. The molecule has 1 atom stereocenters. The highest BCUT2D eigenvalue weighted by Crippen LogP contribution is 2.31. The fourth-order valence-electron chi connectivity index (χ4n) is 3.17. The fourth-order valence-corrected chi connectivity index (χ4v) is 3.17. The van der Waals surface area contributed by atoms with Gasteiger partial charge < -0.3 is 16.4 Å². The van der Waals surface area contributed by atoms with Crippen LogP contribution in [0.5, 0.6) is 0 Å². The molecule has 1 aliphatic rings. The van der Waals surface area contributed by atoms with E-state index >= 15 is 0 Å². The molecule has 0 bridgehead atoms. The number of benzene rings is 2. The molecule has 2 aromatic carbocycles. The number of fused-ring (bicyclic) bond motifs is 1.